The van der Waals surface area contributed by atoms with E-state index in [1.165, 1.54) is 11.0 Å². The molecule has 6 rings (SSSR count). The summed E-state index contributed by atoms with van der Waals surface area (Å²) >= 11 is 0. The molecule has 3 amide bonds. The van der Waals surface area contributed by atoms with Crippen LogP contribution in [0.2, 0.25) is 0 Å². The number of carbonyl (C=O) groups excluding carboxylic acids is 3. The Morgan fingerprint density at radius 1 is 1.09 bits per heavy atom. The lowest BCUT2D eigenvalue weighted by molar-refractivity contribution is -0.137. The maximum Gasteiger partial charge on any atom is 0.259 e. The monoisotopic (exact) mass is 630 g/mol. The number of benzene rings is 2. The zero-order valence-corrected chi connectivity index (χ0v) is 25.6. The molecular formula is C33H34N4O7S. The van der Waals surface area contributed by atoms with Crippen LogP contribution < -0.4 is 19.5 Å². The fourth-order valence-electron chi connectivity index (χ4n) is 5.85. The average Bonchev–Trinajstić information content (AvgIpc) is 3.97. The van der Waals surface area contributed by atoms with Crippen molar-refractivity contribution in [1.29, 1.82) is 0 Å². The molecule has 1 aromatic heterocycles. The van der Waals surface area contributed by atoms with E-state index in [9.17, 15) is 22.8 Å². The number of aromatic nitrogens is 1. The van der Waals surface area contributed by atoms with Crippen molar-refractivity contribution in [2.24, 2.45) is 5.92 Å². The Kier molecular flexibility index (Phi) is 7.86. The van der Waals surface area contributed by atoms with Gasteiger partial charge in [0.1, 0.15) is 29.2 Å². The smallest absolute Gasteiger partial charge is 0.259 e. The third kappa shape index (κ3) is 5.89. The van der Waals surface area contributed by atoms with E-state index in [1.54, 1.807) is 13.2 Å². The molecule has 3 aromatic rings. The van der Waals surface area contributed by atoms with Crippen LogP contribution in [-0.2, 0) is 24.4 Å². The molecule has 11 nitrogen and oxygen atoms in total. The highest BCUT2D eigenvalue weighted by atomic mass is 32.2. The van der Waals surface area contributed by atoms with Crippen molar-refractivity contribution in [2.75, 3.05) is 13.7 Å². The molecule has 1 aliphatic heterocycles. The molecule has 0 bridgehead atoms. The Labute approximate surface area is 261 Å². The van der Waals surface area contributed by atoms with Gasteiger partial charge in [0.2, 0.25) is 21.8 Å². The topological polar surface area (TPSA) is 144 Å². The first-order valence-corrected chi connectivity index (χ1v) is 16.3. The number of carbonyl (C=O) groups is 3. The van der Waals surface area contributed by atoms with E-state index >= 15 is 0 Å². The number of hydrogen-bond acceptors (Lipinski definition) is 8. The van der Waals surface area contributed by atoms with Crippen molar-refractivity contribution in [2.45, 2.75) is 48.6 Å². The third-order valence-electron chi connectivity index (χ3n) is 8.61. The first-order chi connectivity index (χ1) is 21.6. The number of sulfonamides is 1. The SMILES string of the molecule is C=CC(=O)N1CC(Oc2cc(-c3ccccc3)nc3cc(OC)ccc23)CC1C(=O)NC1(C(=O)NS(=O)(=O)C2CC2)CC1C=C. The number of fused-ring (bicyclic) bond motifs is 1. The van der Waals surface area contributed by atoms with Gasteiger partial charge in [0.05, 0.1) is 30.1 Å². The van der Waals surface area contributed by atoms with E-state index in [0.717, 1.165) is 17.0 Å². The summed E-state index contributed by atoms with van der Waals surface area (Å²) in [4.78, 5) is 46.1. The highest BCUT2D eigenvalue weighted by Gasteiger charge is 2.61. The van der Waals surface area contributed by atoms with Gasteiger partial charge in [0.15, 0.2) is 0 Å². The molecule has 2 aliphatic carbocycles. The second-order valence-corrected chi connectivity index (χ2v) is 13.6. The molecule has 12 heteroatoms. The second kappa shape index (κ2) is 11.7. The van der Waals surface area contributed by atoms with E-state index in [4.69, 9.17) is 14.5 Å². The van der Waals surface area contributed by atoms with E-state index in [-0.39, 0.29) is 19.4 Å². The summed E-state index contributed by atoms with van der Waals surface area (Å²) in [6.07, 6.45) is 3.36. The van der Waals surface area contributed by atoms with Crippen LogP contribution >= 0.6 is 0 Å². The second-order valence-electron chi connectivity index (χ2n) is 11.6. The number of nitrogens with zero attached hydrogens (tertiary/aromatic N) is 2. The molecule has 0 spiro atoms. The number of ether oxygens (including phenoxy) is 2. The molecule has 3 fully saturated rings. The van der Waals surface area contributed by atoms with Gasteiger partial charge in [-0.15, -0.1) is 6.58 Å². The van der Waals surface area contributed by atoms with Gasteiger partial charge in [-0.2, -0.15) is 0 Å². The van der Waals surface area contributed by atoms with Crippen molar-refractivity contribution in [3.63, 3.8) is 0 Å². The van der Waals surface area contributed by atoms with E-state index in [1.807, 2.05) is 48.5 Å². The summed E-state index contributed by atoms with van der Waals surface area (Å²) in [6.45, 7) is 7.41. The Bertz CT molecular complexity index is 1810. The zero-order chi connectivity index (χ0) is 31.9. The molecule has 3 aliphatic rings. The van der Waals surface area contributed by atoms with Crippen LogP contribution in [0.25, 0.3) is 22.2 Å². The molecule has 45 heavy (non-hydrogen) atoms. The summed E-state index contributed by atoms with van der Waals surface area (Å²) < 4.78 is 39.0. The van der Waals surface area contributed by atoms with Crippen LogP contribution in [0.5, 0.6) is 11.5 Å². The zero-order valence-electron chi connectivity index (χ0n) is 24.8. The lowest BCUT2D eigenvalue weighted by atomic mass is 10.1. The normalized spacial score (nSPS) is 24.0. The number of nitrogens with one attached hydrogen (secondary N) is 2. The molecule has 0 radical (unpaired) electrons. The van der Waals surface area contributed by atoms with Crippen LogP contribution in [0, 0.1) is 5.92 Å². The van der Waals surface area contributed by atoms with Gasteiger partial charge in [0.25, 0.3) is 5.91 Å². The van der Waals surface area contributed by atoms with Gasteiger partial charge in [0, 0.05) is 35.4 Å². The maximum absolute atomic E-state index is 13.7. The summed E-state index contributed by atoms with van der Waals surface area (Å²) in [6, 6.07) is 15.9. The molecule has 2 N–H and O–H groups in total. The van der Waals surface area contributed by atoms with Crippen LogP contribution in [-0.4, -0.2) is 72.6 Å². The number of methoxy groups -OCH3 is 1. The number of rotatable bonds is 11. The molecular weight excluding hydrogens is 596 g/mol. The number of hydrogen-bond donors (Lipinski definition) is 2. The summed E-state index contributed by atoms with van der Waals surface area (Å²) in [7, 11) is -2.25. The van der Waals surface area contributed by atoms with Crippen molar-refractivity contribution >= 4 is 38.6 Å². The first kappa shape index (κ1) is 30.3. The average molecular weight is 631 g/mol. The van der Waals surface area contributed by atoms with Gasteiger partial charge in [-0.3, -0.25) is 19.1 Å². The molecule has 2 aromatic carbocycles. The third-order valence-corrected chi connectivity index (χ3v) is 10.4. The molecule has 4 atom stereocenters. The fraction of sp³-hybridized carbons (Fsp3) is 0.333. The van der Waals surface area contributed by atoms with E-state index in [0.29, 0.717) is 35.6 Å². The summed E-state index contributed by atoms with van der Waals surface area (Å²) in [5.41, 5.74) is 0.743. The quantitative estimate of drug-likeness (QED) is 0.243. The van der Waals surface area contributed by atoms with Crippen LogP contribution in [0.3, 0.4) is 0 Å². The van der Waals surface area contributed by atoms with E-state index < -0.39 is 56.6 Å². The minimum atomic E-state index is -3.83. The minimum Gasteiger partial charge on any atom is -0.497 e. The van der Waals surface area contributed by atoms with Crippen molar-refractivity contribution in [1.82, 2.24) is 19.9 Å². The summed E-state index contributed by atoms with van der Waals surface area (Å²) in [5.74, 6) is -1.16. The molecule has 2 saturated carbocycles. The number of likely N-dealkylation sites (tertiary alicyclic amines) is 1. The van der Waals surface area contributed by atoms with Crippen molar-refractivity contribution in [3.05, 3.63) is 79.9 Å². The van der Waals surface area contributed by atoms with Gasteiger partial charge in [-0.25, -0.2) is 13.4 Å². The van der Waals surface area contributed by atoms with Gasteiger partial charge < -0.3 is 19.7 Å². The standard InChI is InChI=1S/C33H34N4O7S/c1-4-21-18-33(21,32(40)36-45(41,42)24-12-13-24)35-31(39)28-16-23(19-37(28)30(38)5-2)44-29-17-26(20-9-7-6-8-10-20)34-27-15-22(43-3)11-14-25(27)29/h4-11,14-15,17,21,23-24,28H,1-2,12-13,16,18-19H2,3H3,(H,35,39)(H,36,40). The van der Waals surface area contributed by atoms with Crippen molar-refractivity contribution in [3.8, 4) is 22.8 Å². The number of amides is 3. The van der Waals surface area contributed by atoms with Crippen LogP contribution in [0.4, 0.5) is 0 Å². The molecule has 1 saturated heterocycles. The Balaban J connectivity index is 1.26. The van der Waals surface area contributed by atoms with Gasteiger partial charge in [-0.1, -0.05) is 43.0 Å². The molecule has 2 heterocycles. The van der Waals surface area contributed by atoms with Gasteiger partial charge >= 0.3 is 0 Å². The predicted molar refractivity (Wildman–Crippen MR) is 168 cm³/mol. The lowest BCUT2D eigenvalue weighted by Gasteiger charge is -2.25. The lowest BCUT2D eigenvalue weighted by Crippen LogP contribution is -2.56. The molecule has 234 valence electrons. The Hall–Kier alpha value is -4.71. The summed E-state index contributed by atoms with van der Waals surface area (Å²) in [5, 5.41) is 2.89. The Morgan fingerprint density at radius 2 is 1.84 bits per heavy atom. The van der Waals surface area contributed by atoms with Gasteiger partial charge in [-0.05, 0) is 37.5 Å². The number of pyridine rings is 1. The Morgan fingerprint density at radius 3 is 2.49 bits per heavy atom. The van der Waals surface area contributed by atoms with Crippen molar-refractivity contribution < 1.29 is 32.3 Å². The highest BCUT2D eigenvalue weighted by molar-refractivity contribution is 7.91. The minimum absolute atomic E-state index is 0.0870. The molecule has 4 unspecified atom stereocenters. The van der Waals surface area contributed by atoms with Crippen LogP contribution in [0.1, 0.15) is 25.7 Å². The predicted octanol–water partition coefficient (Wildman–Crippen LogP) is 3.11. The first-order valence-electron chi connectivity index (χ1n) is 14.7. The van der Waals surface area contributed by atoms with E-state index in [2.05, 4.69) is 23.2 Å². The highest BCUT2D eigenvalue weighted by Crippen LogP contribution is 2.45. The maximum atomic E-state index is 13.7. The largest absolute Gasteiger partial charge is 0.497 e. The van der Waals surface area contributed by atoms with Crippen LogP contribution in [0.15, 0.2) is 79.9 Å². The fourth-order valence-corrected chi connectivity index (χ4v) is 7.21.